The van der Waals surface area contributed by atoms with Gasteiger partial charge in [0.1, 0.15) is 16.5 Å². The second-order valence-electron chi connectivity index (χ2n) is 6.46. The Balaban J connectivity index is 1.57. The van der Waals surface area contributed by atoms with Crippen molar-refractivity contribution in [3.63, 3.8) is 0 Å². The summed E-state index contributed by atoms with van der Waals surface area (Å²) in [5.74, 6) is -0.221. The minimum atomic E-state index is -1.65. The molecule has 4 rings (SSSR count). The largest absolute Gasteiger partial charge is 0.379 e. The van der Waals surface area contributed by atoms with Gasteiger partial charge in [0, 0.05) is 36.1 Å². The Hall–Kier alpha value is -2.36. The predicted molar refractivity (Wildman–Crippen MR) is 108 cm³/mol. The van der Waals surface area contributed by atoms with Crippen molar-refractivity contribution in [2.75, 3.05) is 31.6 Å². The number of carbonyl (C=O) groups excluding carboxylic acids is 1. The van der Waals surface area contributed by atoms with E-state index in [9.17, 15) is 4.79 Å². The fraction of sp³-hybridized carbons (Fsp3) is 0.353. The van der Waals surface area contributed by atoms with Crippen LogP contribution in [0.1, 0.15) is 5.01 Å². The van der Waals surface area contributed by atoms with Gasteiger partial charge in [-0.05, 0) is 19.1 Å². The van der Waals surface area contributed by atoms with Crippen molar-refractivity contribution in [3.05, 3.63) is 29.4 Å². The number of anilines is 1. The number of rotatable bonds is 4. The molecule has 0 aromatic carbocycles. The molecular formula is C17H16B2N6O2S. The average molecular weight is 390 g/mol. The molecule has 1 fully saturated rings. The third-order valence-electron chi connectivity index (χ3n) is 4.46. The zero-order valence-electron chi connectivity index (χ0n) is 15.3. The number of carbonyl (C=O) groups is 1. The molecule has 1 amide bonds. The molecule has 3 aromatic heterocycles. The van der Waals surface area contributed by atoms with Crippen molar-refractivity contribution in [1.29, 1.82) is 0 Å². The van der Waals surface area contributed by atoms with E-state index in [-0.39, 0.29) is 0 Å². The van der Waals surface area contributed by atoms with Gasteiger partial charge in [0.25, 0.3) is 0 Å². The molecule has 0 saturated carbocycles. The lowest BCUT2D eigenvalue weighted by Crippen LogP contribution is -2.61. The van der Waals surface area contributed by atoms with Gasteiger partial charge in [-0.1, -0.05) is 11.3 Å². The highest BCUT2D eigenvalue weighted by molar-refractivity contribution is 7.14. The molecule has 1 aliphatic heterocycles. The number of aromatic nitrogens is 4. The molecule has 0 unspecified atom stereocenters. The van der Waals surface area contributed by atoms with Crippen molar-refractivity contribution >= 4 is 49.7 Å². The second kappa shape index (κ2) is 7.57. The summed E-state index contributed by atoms with van der Waals surface area (Å²) in [4.78, 5) is 23.2. The monoisotopic (exact) mass is 390 g/mol. The molecule has 11 heteroatoms. The summed E-state index contributed by atoms with van der Waals surface area (Å²) < 4.78 is 5.28. The first-order chi connectivity index (χ1) is 13.4. The number of amides is 1. The molecule has 1 N–H and O–H groups in total. The number of hydrogen-bond donors (Lipinski definition) is 1. The summed E-state index contributed by atoms with van der Waals surface area (Å²) in [5.41, 5.74) is 1.38. The molecule has 4 radical (unpaired) electrons. The second-order valence-corrected chi connectivity index (χ2v) is 7.65. The van der Waals surface area contributed by atoms with Crippen molar-refractivity contribution in [2.24, 2.45) is 0 Å². The van der Waals surface area contributed by atoms with E-state index in [4.69, 9.17) is 20.4 Å². The van der Waals surface area contributed by atoms with Crippen molar-refractivity contribution in [3.8, 4) is 10.7 Å². The first-order valence-corrected chi connectivity index (χ1v) is 9.54. The fourth-order valence-electron chi connectivity index (χ4n) is 2.90. The van der Waals surface area contributed by atoms with Crippen LogP contribution < -0.4 is 5.32 Å². The van der Waals surface area contributed by atoms with Crippen LogP contribution in [0.4, 0.5) is 5.82 Å². The molecule has 3 aromatic rings. The van der Waals surface area contributed by atoms with Crippen LogP contribution in [0.5, 0.6) is 0 Å². The van der Waals surface area contributed by atoms with E-state index in [1.165, 1.54) is 11.3 Å². The number of pyridine rings is 2. The lowest BCUT2D eigenvalue weighted by atomic mass is 9.60. The Labute approximate surface area is 168 Å². The van der Waals surface area contributed by atoms with Crippen molar-refractivity contribution in [2.45, 2.75) is 12.3 Å². The van der Waals surface area contributed by atoms with Crippen LogP contribution in [0.25, 0.3) is 21.6 Å². The van der Waals surface area contributed by atoms with Crippen LogP contribution >= 0.6 is 11.3 Å². The van der Waals surface area contributed by atoms with E-state index in [1.54, 1.807) is 17.2 Å². The van der Waals surface area contributed by atoms with E-state index in [2.05, 4.69) is 25.5 Å². The molecular weight excluding hydrogens is 374 g/mol. The quantitative estimate of drug-likeness (QED) is 0.657. The molecule has 1 aliphatic rings. The number of hydrogen-bond acceptors (Lipinski definition) is 8. The van der Waals surface area contributed by atoms with Gasteiger partial charge in [-0.3, -0.25) is 4.79 Å². The minimum Gasteiger partial charge on any atom is -0.379 e. The Morgan fingerprint density at radius 1 is 1.29 bits per heavy atom. The smallest absolute Gasteiger partial charge is 0.227 e. The van der Waals surface area contributed by atoms with Gasteiger partial charge in [0.05, 0.1) is 34.4 Å². The summed E-state index contributed by atoms with van der Waals surface area (Å²) in [6.07, 6.45) is 1.64. The van der Waals surface area contributed by atoms with Crippen LogP contribution in [-0.2, 0) is 9.53 Å². The summed E-state index contributed by atoms with van der Waals surface area (Å²) in [5, 5.41) is 11.6. The van der Waals surface area contributed by atoms with Gasteiger partial charge in [-0.15, -0.1) is 10.2 Å². The van der Waals surface area contributed by atoms with Crippen molar-refractivity contribution < 1.29 is 9.53 Å². The van der Waals surface area contributed by atoms with Gasteiger partial charge in [-0.25, -0.2) is 9.97 Å². The number of nitrogens with one attached hydrogen (secondary N) is 1. The van der Waals surface area contributed by atoms with Gasteiger partial charge in [-0.2, -0.15) is 0 Å². The maximum atomic E-state index is 12.6. The number of ether oxygens (including phenoxy) is 1. The molecule has 8 nitrogen and oxygen atoms in total. The van der Waals surface area contributed by atoms with Crippen LogP contribution in [0, 0.1) is 6.92 Å². The van der Waals surface area contributed by atoms with E-state index in [0.29, 0.717) is 43.3 Å². The number of morpholine rings is 1. The number of fused-ring (bicyclic) bond motifs is 1. The first kappa shape index (κ1) is 19.0. The number of aryl methyl sites for hydroxylation is 1. The standard InChI is InChI=1S/C17H16B2N6O2S/c1-10-23-24-15(28-10)12-3-2-11-9-20-14(8-13(11)21-12)22-16(26)17(18,19)25-4-6-27-7-5-25/h2-3,8-9H,4-7H2,1H3,(H,20,22,26). The molecule has 138 valence electrons. The zero-order chi connectivity index (χ0) is 19.7. The first-order valence-electron chi connectivity index (χ1n) is 8.73. The number of nitrogens with zero attached hydrogens (tertiary/aromatic N) is 5. The molecule has 0 bridgehead atoms. The maximum absolute atomic E-state index is 12.6. The Kier molecular flexibility index (Phi) is 5.13. The molecule has 0 spiro atoms. The van der Waals surface area contributed by atoms with Crippen LogP contribution in [0.2, 0.25) is 0 Å². The third-order valence-corrected chi connectivity index (χ3v) is 5.32. The Morgan fingerprint density at radius 3 is 2.79 bits per heavy atom. The molecule has 0 aliphatic carbocycles. The molecule has 28 heavy (non-hydrogen) atoms. The topological polar surface area (TPSA) is 93.1 Å². The Morgan fingerprint density at radius 2 is 2.07 bits per heavy atom. The van der Waals surface area contributed by atoms with E-state index >= 15 is 0 Å². The molecule has 4 heterocycles. The lowest BCUT2D eigenvalue weighted by Gasteiger charge is -2.40. The lowest BCUT2D eigenvalue weighted by molar-refractivity contribution is -0.121. The Bertz CT molecular complexity index is 1020. The van der Waals surface area contributed by atoms with Gasteiger partial charge in [0.2, 0.25) is 5.91 Å². The van der Waals surface area contributed by atoms with Crippen LogP contribution in [0.3, 0.4) is 0 Å². The zero-order valence-corrected chi connectivity index (χ0v) is 16.1. The van der Waals surface area contributed by atoms with E-state index in [1.807, 2.05) is 19.1 Å². The highest BCUT2D eigenvalue weighted by Gasteiger charge is 2.34. The minimum absolute atomic E-state index is 0.323. The normalized spacial score (nSPS) is 15.6. The summed E-state index contributed by atoms with van der Waals surface area (Å²) in [7, 11) is 12.2. The van der Waals surface area contributed by atoms with Gasteiger partial charge in [0.15, 0.2) is 5.01 Å². The SMILES string of the molecule is [B]C([B])(C(=O)Nc1cc2nc(-c3nnc(C)s3)ccc2cn1)N1CCOCC1. The van der Waals surface area contributed by atoms with E-state index < -0.39 is 11.2 Å². The average Bonchev–Trinajstić information content (AvgIpc) is 3.14. The maximum Gasteiger partial charge on any atom is 0.227 e. The summed E-state index contributed by atoms with van der Waals surface area (Å²) in [6, 6.07) is 5.45. The van der Waals surface area contributed by atoms with E-state index in [0.717, 1.165) is 15.4 Å². The van der Waals surface area contributed by atoms with Crippen LogP contribution in [-0.4, -0.2) is 78.3 Å². The molecule has 1 saturated heterocycles. The van der Waals surface area contributed by atoms with Crippen LogP contribution in [0.15, 0.2) is 24.4 Å². The highest BCUT2D eigenvalue weighted by Crippen LogP contribution is 2.24. The highest BCUT2D eigenvalue weighted by atomic mass is 32.1. The third kappa shape index (κ3) is 3.78. The van der Waals surface area contributed by atoms with Gasteiger partial charge < -0.3 is 15.0 Å². The summed E-state index contributed by atoms with van der Waals surface area (Å²) >= 11 is 1.46. The fourth-order valence-corrected chi connectivity index (χ4v) is 3.56. The molecule has 0 atom stereocenters. The van der Waals surface area contributed by atoms with Gasteiger partial charge >= 0.3 is 0 Å². The van der Waals surface area contributed by atoms with Crippen molar-refractivity contribution in [1.82, 2.24) is 25.1 Å². The predicted octanol–water partition coefficient (Wildman–Crippen LogP) is 0.718. The summed E-state index contributed by atoms with van der Waals surface area (Å²) in [6.45, 7) is 3.82.